The largest absolute Gasteiger partial charge is 0.493 e. The van der Waals surface area contributed by atoms with Crippen molar-refractivity contribution >= 4 is 11.3 Å². The molecule has 1 aromatic carbocycles. The van der Waals surface area contributed by atoms with Crippen molar-refractivity contribution in [3.05, 3.63) is 41.1 Å². The monoisotopic (exact) mass is 395 g/mol. The molecule has 5 rings (SSSR count). The van der Waals surface area contributed by atoms with Crippen LogP contribution in [0.4, 0.5) is 5.82 Å². The van der Waals surface area contributed by atoms with Crippen LogP contribution in [0.5, 0.6) is 11.5 Å². The van der Waals surface area contributed by atoms with Crippen LogP contribution in [-0.2, 0) is 17.7 Å². The number of benzene rings is 1. The van der Waals surface area contributed by atoms with Gasteiger partial charge in [-0.2, -0.15) is 5.10 Å². The molecular weight excluding hydrogens is 370 g/mol. The Bertz CT molecular complexity index is 1060. The van der Waals surface area contributed by atoms with E-state index in [-0.39, 0.29) is 6.10 Å². The van der Waals surface area contributed by atoms with E-state index in [1.165, 1.54) is 11.1 Å². The fourth-order valence-corrected chi connectivity index (χ4v) is 4.40. The highest BCUT2D eigenvalue weighted by Gasteiger charge is 2.29. The summed E-state index contributed by atoms with van der Waals surface area (Å²) in [7, 11) is 3.34. The second-order valence-corrected chi connectivity index (χ2v) is 7.54. The molecule has 0 spiro atoms. The molecular formula is C21H25N5O3. The summed E-state index contributed by atoms with van der Waals surface area (Å²) in [5, 5.41) is 4.45. The fraction of sp³-hybridized carbons (Fsp3) is 0.476. The number of anilines is 1. The van der Waals surface area contributed by atoms with Gasteiger partial charge in [0, 0.05) is 19.7 Å². The normalized spacial score (nSPS) is 18.9. The number of aromatic nitrogens is 4. The van der Waals surface area contributed by atoms with Crippen molar-refractivity contribution in [3.63, 3.8) is 0 Å². The Morgan fingerprint density at radius 2 is 1.93 bits per heavy atom. The van der Waals surface area contributed by atoms with Gasteiger partial charge in [-0.05, 0) is 49.4 Å². The standard InChI is InChI=1S/C21H25N5O3/c1-13-24-19(16-5-4-8-29-16)20-21(22-12-23-26(13)20)25-7-6-14-9-17(27-2)18(28-3)10-15(14)11-25/h9-10,12,16H,4-8,11H2,1-3H3/t16-/m0/s1. The summed E-state index contributed by atoms with van der Waals surface area (Å²) in [5.41, 5.74) is 4.42. The molecule has 4 heterocycles. The second kappa shape index (κ2) is 7.18. The van der Waals surface area contributed by atoms with Crippen molar-refractivity contribution in [3.8, 4) is 11.5 Å². The lowest BCUT2D eigenvalue weighted by molar-refractivity contribution is 0.110. The maximum absolute atomic E-state index is 5.93. The molecule has 152 valence electrons. The zero-order valence-corrected chi connectivity index (χ0v) is 17.0. The molecule has 0 saturated carbocycles. The minimum atomic E-state index is 0.0184. The molecule has 0 unspecified atom stereocenters. The van der Waals surface area contributed by atoms with Crippen LogP contribution >= 0.6 is 0 Å². The minimum Gasteiger partial charge on any atom is -0.493 e. The van der Waals surface area contributed by atoms with Gasteiger partial charge in [-0.15, -0.1) is 0 Å². The topological polar surface area (TPSA) is 74.0 Å². The predicted octanol–water partition coefficient (Wildman–Crippen LogP) is 2.86. The summed E-state index contributed by atoms with van der Waals surface area (Å²) < 4.78 is 18.8. The number of methoxy groups -OCH3 is 2. The van der Waals surface area contributed by atoms with E-state index in [0.717, 1.165) is 73.3 Å². The average molecular weight is 395 g/mol. The third-order valence-electron chi connectivity index (χ3n) is 5.85. The maximum Gasteiger partial charge on any atom is 0.161 e. The quantitative estimate of drug-likeness (QED) is 0.672. The Balaban J connectivity index is 1.57. The van der Waals surface area contributed by atoms with Crippen molar-refractivity contribution < 1.29 is 14.2 Å². The predicted molar refractivity (Wildman–Crippen MR) is 108 cm³/mol. The Kier molecular flexibility index (Phi) is 4.50. The van der Waals surface area contributed by atoms with Gasteiger partial charge >= 0.3 is 0 Å². The maximum atomic E-state index is 5.93. The van der Waals surface area contributed by atoms with E-state index in [9.17, 15) is 0 Å². The average Bonchev–Trinajstić information content (AvgIpc) is 3.40. The van der Waals surface area contributed by atoms with E-state index in [4.69, 9.17) is 19.2 Å². The molecule has 0 radical (unpaired) electrons. The van der Waals surface area contributed by atoms with E-state index in [2.05, 4.69) is 27.1 Å². The number of hydrogen-bond donors (Lipinski definition) is 0. The van der Waals surface area contributed by atoms with Crippen LogP contribution in [0.1, 0.15) is 41.6 Å². The van der Waals surface area contributed by atoms with E-state index >= 15 is 0 Å². The van der Waals surface area contributed by atoms with Crippen molar-refractivity contribution in [2.75, 3.05) is 32.3 Å². The van der Waals surface area contributed by atoms with Gasteiger partial charge in [0.25, 0.3) is 0 Å². The highest BCUT2D eigenvalue weighted by Crippen LogP contribution is 2.37. The fourth-order valence-electron chi connectivity index (χ4n) is 4.40. The van der Waals surface area contributed by atoms with Gasteiger partial charge in [0.05, 0.1) is 14.2 Å². The van der Waals surface area contributed by atoms with Crippen LogP contribution in [-0.4, -0.2) is 47.0 Å². The van der Waals surface area contributed by atoms with Gasteiger partial charge < -0.3 is 19.1 Å². The Hall–Kier alpha value is -2.87. The summed E-state index contributed by atoms with van der Waals surface area (Å²) in [6.45, 7) is 4.37. The molecule has 8 heteroatoms. The first-order chi connectivity index (χ1) is 14.2. The van der Waals surface area contributed by atoms with Crippen molar-refractivity contribution in [1.29, 1.82) is 0 Å². The van der Waals surface area contributed by atoms with Gasteiger partial charge in [0.1, 0.15) is 29.5 Å². The lowest BCUT2D eigenvalue weighted by atomic mass is 9.98. The van der Waals surface area contributed by atoms with Crippen LogP contribution in [0.25, 0.3) is 5.52 Å². The van der Waals surface area contributed by atoms with Gasteiger partial charge in [-0.3, -0.25) is 0 Å². The number of fused-ring (bicyclic) bond motifs is 2. The lowest BCUT2D eigenvalue weighted by Gasteiger charge is -2.31. The highest BCUT2D eigenvalue weighted by atomic mass is 16.5. The molecule has 8 nitrogen and oxygen atoms in total. The zero-order valence-electron chi connectivity index (χ0n) is 17.0. The first kappa shape index (κ1) is 18.2. The number of nitrogens with zero attached hydrogens (tertiary/aromatic N) is 5. The SMILES string of the molecule is COc1cc2c(cc1OC)CN(c1ncnn3c(C)nc([C@@H]4CCCO4)c13)CC2. The molecule has 2 aliphatic heterocycles. The van der Waals surface area contributed by atoms with Crippen LogP contribution < -0.4 is 14.4 Å². The first-order valence-electron chi connectivity index (χ1n) is 10.00. The Labute approximate surface area is 169 Å². The highest BCUT2D eigenvalue weighted by molar-refractivity contribution is 5.73. The van der Waals surface area contributed by atoms with Crippen molar-refractivity contribution in [2.45, 2.75) is 38.8 Å². The number of rotatable bonds is 4. The Morgan fingerprint density at radius 3 is 2.66 bits per heavy atom. The molecule has 0 amide bonds. The number of aryl methyl sites for hydroxylation is 1. The van der Waals surface area contributed by atoms with Gasteiger partial charge in [-0.1, -0.05) is 0 Å². The summed E-state index contributed by atoms with van der Waals surface area (Å²) in [6, 6.07) is 4.16. The molecule has 3 aromatic rings. The van der Waals surface area contributed by atoms with Crippen LogP contribution in [0.2, 0.25) is 0 Å². The van der Waals surface area contributed by atoms with E-state index in [1.54, 1.807) is 20.5 Å². The van der Waals surface area contributed by atoms with Crippen molar-refractivity contribution in [1.82, 2.24) is 19.6 Å². The number of imidazole rings is 1. The molecule has 0 bridgehead atoms. The Morgan fingerprint density at radius 1 is 1.14 bits per heavy atom. The van der Waals surface area contributed by atoms with Crippen LogP contribution in [0.3, 0.4) is 0 Å². The smallest absolute Gasteiger partial charge is 0.161 e. The summed E-state index contributed by atoms with van der Waals surface area (Å²) >= 11 is 0. The molecule has 0 N–H and O–H groups in total. The van der Waals surface area contributed by atoms with Crippen LogP contribution in [0, 0.1) is 6.92 Å². The molecule has 0 aliphatic carbocycles. The third-order valence-corrected chi connectivity index (χ3v) is 5.85. The van der Waals surface area contributed by atoms with E-state index in [1.807, 2.05) is 11.4 Å². The summed E-state index contributed by atoms with van der Waals surface area (Å²) in [4.78, 5) is 11.8. The number of ether oxygens (including phenoxy) is 3. The summed E-state index contributed by atoms with van der Waals surface area (Å²) in [6.07, 6.45) is 4.59. The minimum absolute atomic E-state index is 0.0184. The molecule has 2 aliphatic rings. The molecule has 1 fully saturated rings. The molecule has 2 aromatic heterocycles. The van der Waals surface area contributed by atoms with Gasteiger partial charge in [0.15, 0.2) is 17.3 Å². The second-order valence-electron chi connectivity index (χ2n) is 7.54. The van der Waals surface area contributed by atoms with Crippen LogP contribution in [0.15, 0.2) is 18.5 Å². The van der Waals surface area contributed by atoms with Gasteiger partial charge in [-0.25, -0.2) is 14.5 Å². The van der Waals surface area contributed by atoms with Crippen molar-refractivity contribution in [2.24, 2.45) is 0 Å². The van der Waals surface area contributed by atoms with E-state index in [0.29, 0.717) is 0 Å². The number of hydrogen-bond acceptors (Lipinski definition) is 7. The van der Waals surface area contributed by atoms with E-state index < -0.39 is 0 Å². The first-order valence-corrected chi connectivity index (χ1v) is 10.00. The molecule has 1 atom stereocenters. The molecule has 29 heavy (non-hydrogen) atoms. The van der Waals surface area contributed by atoms with Gasteiger partial charge in [0.2, 0.25) is 0 Å². The lowest BCUT2D eigenvalue weighted by Crippen LogP contribution is -2.31. The molecule has 1 saturated heterocycles. The third kappa shape index (κ3) is 2.98. The summed E-state index contributed by atoms with van der Waals surface area (Å²) in [5.74, 6) is 3.29. The zero-order chi connectivity index (χ0) is 20.0.